The Morgan fingerprint density at radius 3 is 2.72 bits per heavy atom. The normalized spacial score (nSPS) is 21.6. The largest absolute Gasteiger partial charge is 0.504 e. The van der Waals surface area contributed by atoms with Crippen molar-refractivity contribution >= 4 is 11.7 Å². The first-order valence-corrected chi connectivity index (χ1v) is 8.28. The highest BCUT2D eigenvalue weighted by Crippen LogP contribution is 2.50. The molecule has 3 N–H and O–H groups in total. The van der Waals surface area contributed by atoms with E-state index in [1.807, 2.05) is 6.92 Å². The Morgan fingerprint density at radius 1 is 1.24 bits per heavy atom. The molecular weight excluding hydrogens is 320 g/mol. The molecule has 0 radical (unpaired) electrons. The van der Waals surface area contributed by atoms with Gasteiger partial charge in [0.1, 0.15) is 0 Å². The van der Waals surface area contributed by atoms with Crippen LogP contribution >= 0.6 is 0 Å². The van der Waals surface area contributed by atoms with E-state index in [4.69, 9.17) is 4.52 Å². The van der Waals surface area contributed by atoms with Crippen LogP contribution in [0.2, 0.25) is 0 Å². The molecule has 6 nitrogen and oxygen atoms in total. The Morgan fingerprint density at radius 2 is 2.00 bits per heavy atom. The number of rotatable bonds is 1. The van der Waals surface area contributed by atoms with Crippen molar-refractivity contribution < 1.29 is 19.5 Å². The summed E-state index contributed by atoms with van der Waals surface area (Å²) in [5.41, 5.74) is 3.65. The van der Waals surface area contributed by atoms with Crippen LogP contribution in [0.5, 0.6) is 11.5 Å². The topological polar surface area (TPSA) is 95.6 Å². The highest BCUT2D eigenvalue weighted by Gasteiger charge is 2.43. The fraction of sp³-hybridized carbons (Fsp3) is 0.368. The highest BCUT2D eigenvalue weighted by atomic mass is 16.5. The molecule has 1 aliphatic heterocycles. The maximum absolute atomic E-state index is 13.0. The van der Waals surface area contributed by atoms with Crippen molar-refractivity contribution in [1.82, 2.24) is 5.16 Å². The second kappa shape index (κ2) is 5.12. The van der Waals surface area contributed by atoms with Gasteiger partial charge in [-0.25, -0.2) is 0 Å². The van der Waals surface area contributed by atoms with E-state index in [2.05, 4.69) is 24.3 Å². The van der Waals surface area contributed by atoms with Crippen LogP contribution in [0.1, 0.15) is 49.4 Å². The van der Waals surface area contributed by atoms with Crippen LogP contribution in [0.4, 0.5) is 5.88 Å². The predicted molar refractivity (Wildman–Crippen MR) is 91.5 cm³/mol. The molecule has 6 heteroatoms. The SMILES string of the molecule is Cc1noc2c1[C@H](c1ccc(O)c(O)c1)C1=C(CC(C)(C)CC1=O)N2. The number of hydrogen-bond donors (Lipinski definition) is 3. The molecule has 0 bridgehead atoms. The van der Waals surface area contributed by atoms with Gasteiger partial charge in [0, 0.05) is 23.6 Å². The van der Waals surface area contributed by atoms with Crippen molar-refractivity contribution in [3.8, 4) is 11.5 Å². The maximum atomic E-state index is 13.0. The van der Waals surface area contributed by atoms with Gasteiger partial charge in [-0.1, -0.05) is 25.1 Å². The van der Waals surface area contributed by atoms with Gasteiger partial charge in [-0.3, -0.25) is 4.79 Å². The number of nitrogens with zero attached hydrogens (tertiary/aromatic N) is 1. The number of phenolic OH excluding ortho intramolecular Hbond substituents is 2. The second-order valence-electron chi connectivity index (χ2n) is 7.65. The Labute approximate surface area is 145 Å². The molecule has 130 valence electrons. The summed E-state index contributed by atoms with van der Waals surface area (Å²) in [6, 6.07) is 4.66. The molecule has 1 atom stereocenters. The number of allylic oxidation sites excluding steroid dienone is 2. The fourth-order valence-corrected chi connectivity index (χ4v) is 3.92. The zero-order chi connectivity index (χ0) is 17.9. The van der Waals surface area contributed by atoms with Crippen LogP contribution in [0.3, 0.4) is 0 Å². The number of nitrogens with one attached hydrogen (secondary N) is 1. The highest BCUT2D eigenvalue weighted by molar-refractivity contribution is 6.01. The first kappa shape index (κ1) is 15.7. The number of aromatic hydroxyl groups is 2. The molecule has 0 fully saturated rings. The first-order chi connectivity index (χ1) is 11.8. The lowest BCUT2D eigenvalue weighted by atomic mass is 9.69. The second-order valence-corrected chi connectivity index (χ2v) is 7.65. The zero-order valence-corrected chi connectivity index (χ0v) is 14.4. The monoisotopic (exact) mass is 340 g/mol. The van der Waals surface area contributed by atoms with E-state index in [0.29, 0.717) is 23.6 Å². The number of hydrogen-bond acceptors (Lipinski definition) is 6. The van der Waals surface area contributed by atoms with Crippen LogP contribution < -0.4 is 5.32 Å². The van der Waals surface area contributed by atoms with Gasteiger partial charge in [0.25, 0.3) is 0 Å². The number of Topliss-reactive ketones (excluding diaryl/α,β-unsaturated/α-hetero) is 1. The van der Waals surface area contributed by atoms with E-state index in [1.165, 1.54) is 12.1 Å². The van der Waals surface area contributed by atoms with Crippen molar-refractivity contribution in [1.29, 1.82) is 0 Å². The minimum atomic E-state index is -0.368. The maximum Gasteiger partial charge on any atom is 0.233 e. The summed E-state index contributed by atoms with van der Waals surface area (Å²) in [6.45, 7) is 5.97. The Balaban J connectivity index is 1.94. The van der Waals surface area contributed by atoms with Gasteiger partial charge < -0.3 is 20.1 Å². The number of carbonyl (C=O) groups excluding carboxylic acids is 1. The number of ketones is 1. The molecule has 1 aromatic heterocycles. The third kappa shape index (κ3) is 2.40. The molecule has 2 heterocycles. The first-order valence-electron chi connectivity index (χ1n) is 8.28. The molecule has 2 aliphatic rings. The molecule has 0 unspecified atom stereocenters. The number of fused-ring (bicyclic) bond motifs is 1. The van der Waals surface area contributed by atoms with Crippen LogP contribution in [0.25, 0.3) is 0 Å². The average molecular weight is 340 g/mol. The lowest BCUT2D eigenvalue weighted by Crippen LogP contribution is -2.33. The molecule has 0 amide bonds. The third-order valence-corrected chi connectivity index (χ3v) is 5.00. The van der Waals surface area contributed by atoms with E-state index in [-0.39, 0.29) is 28.6 Å². The summed E-state index contributed by atoms with van der Waals surface area (Å²) in [6.07, 6.45) is 1.20. The molecule has 1 aromatic carbocycles. The van der Waals surface area contributed by atoms with E-state index in [9.17, 15) is 15.0 Å². The van der Waals surface area contributed by atoms with Gasteiger partial charge >= 0.3 is 0 Å². The summed E-state index contributed by atoms with van der Waals surface area (Å²) >= 11 is 0. The quantitative estimate of drug-likeness (QED) is 0.687. The number of phenols is 2. The molecule has 1 aliphatic carbocycles. The van der Waals surface area contributed by atoms with E-state index >= 15 is 0 Å². The van der Waals surface area contributed by atoms with E-state index < -0.39 is 0 Å². The number of benzene rings is 1. The number of carbonyl (C=O) groups is 1. The van der Waals surface area contributed by atoms with Crippen LogP contribution in [-0.2, 0) is 4.79 Å². The van der Waals surface area contributed by atoms with E-state index in [0.717, 1.165) is 23.2 Å². The van der Waals surface area contributed by atoms with Crippen molar-refractivity contribution in [3.05, 3.63) is 46.3 Å². The number of aryl methyl sites for hydroxylation is 1. The summed E-state index contributed by atoms with van der Waals surface area (Å²) < 4.78 is 5.43. The number of aromatic nitrogens is 1. The smallest absolute Gasteiger partial charge is 0.233 e. The molecule has 4 rings (SSSR count). The Hall–Kier alpha value is -2.76. The molecule has 0 saturated carbocycles. The van der Waals surface area contributed by atoms with Gasteiger partial charge in [-0.15, -0.1) is 0 Å². The van der Waals surface area contributed by atoms with Crippen molar-refractivity contribution in [3.63, 3.8) is 0 Å². The van der Waals surface area contributed by atoms with Gasteiger partial charge in [-0.05, 0) is 36.5 Å². The standard InChI is InChI=1S/C19H20N2O4/c1-9-15-16(10-4-5-12(22)13(23)6-10)17-11(20-18(15)25-21-9)7-19(2,3)8-14(17)24/h4-6,16,20,22-23H,7-8H2,1-3H3/t16-/m0/s1. The molecule has 0 saturated heterocycles. The minimum absolute atomic E-state index is 0.0857. The van der Waals surface area contributed by atoms with Crippen molar-refractivity contribution in [2.45, 2.75) is 39.5 Å². The lowest BCUT2D eigenvalue weighted by molar-refractivity contribution is -0.118. The predicted octanol–water partition coefficient (Wildman–Crippen LogP) is 3.59. The molecule has 25 heavy (non-hydrogen) atoms. The lowest BCUT2D eigenvalue weighted by Gasteiger charge is -2.37. The fourth-order valence-electron chi connectivity index (χ4n) is 3.92. The molecule has 2 aromatic rings. The van der Waals surface area contributed by atoms with Crippen LogP contribution in [0, 0.1) is 12.3 Å². The van der Waals surface area contributed by atoms with Crippen LogP contribution in [-0.4, -0.2) is 21.2 Å². The van der Waals surface area contributed by atoms with Gasteiger partial charge in [0.05, 0.1) is 11.3 Å². The van der Waals surface area contributed by atoms with Gasteiger partial charge in [0.2, 0.25) is 5.88 Å². The van der Waals surface area contributed by atoms with E-state index in [1.54, 1.807) is 6.07 Å². The summed E-state index contributed by atoms with van der Waals surface area (Å²) in [4.78, 5) is 13.0. The summed E-state index contributed by atoms with van der Waals surface area (Å²) in [7, 11) is 0. The Kier molecular flexibility index (Phi) is 3.22. The molecule has 0 spiro atoms. The van der Waals surface area contributed by atoms with Gasteiger partial charge in [0.15, 0.2) is 17.3 Å². The van der Waals surface area contributed by atoms with Crippen LogP contribution in [0.15, 0.2) is 34.0 Å². The van der Waals surface area contributed by atoms with Crippen molar-refractivity contribution in [2.75, 3.05) is 5.32 Å². The average Bonchev–Trinajstić information content (AvgIpc) is 2.88. The van der Waals surface area contributed by atoms with Crippen molar-refractivity contribution in [2.24, 2.45) is 5.41 Å². The van der Waals surface area contributed by atoms with Gasteiger partial charge in [-0.2, -0.15) is 0 Å². The zero-order valence-electron chi connectivity index (χ0n) is 14.4. The molecular formula is C19H20N2O4. The minimum Gasteiger partial charge on any atom is -0.504 e. The summed E-state index contributed by atoms with van der Waals surface area (Å²) in [5.74, 6) is -0.142. The summed E-state index contributed by atoms with van der Waals surface area (Å²) in [5, 5.41) is 26.9. The third-order valence-electron chi connectivity index (χ3n) is 5.00. The number of anilines is 1. The Bertz CT molecular complexity index is 924.